The van der Waals surface area contributed by atoms with Crippen LogP contribution in [0.5, 0.6) is 0 Å². The number of carbonyl (C=O) groups is 1. The molecule has 1 rings (SSSR count). The first-order chi connectivity index (χ1) is 6.65. The lowest BCUT2D eigenvalue weighted by atomic mass is 10.0. The maximum absolute atomic E-state index is 11.6. The molecule has 0 saturated carbocycles. The van der Waals surface area contributed by atoms with Gasteiger partial charge in [-0.1, -0.05) is 0 Å². The Morgan fingerprint density at radius 2 is 2.43 bits per heavy atom. The van der Waals surface area contributed by atoms with Crippen LogP contribution < -0.4 is 11.1 Å². The zero-order chi connectivity index (χ0) is 10.6. The molecule has 82 valence electrons. The first kappa shape index (κ1) is 11.5. The molecule has 1 heterocycles. The normalized spacial score (nSPS) is 25.8. The van der Waals surface area contributed by atoms with Crippen LogP contribution in [-0.4, -0.2) is 42.5 Å². The predicted molar refractivity (Wildman–Crippen MR) is 56.9 cm³/mol. The van der Waals surface area contributed by atoms with Gasteiger partial charge in [0.1, 0.15) is 0 Å². The molecule has 0 bridgehead atoms. The van der Waals surface area contributed by atoms with Crippen molar-refractivity contribution in [3.05, 3.63) is 0 Å². The van der Waals surface area contributed by atoms with Crippen LogP contribution >= 0.6 is 0 Å². The van der Waals surface area contributed by atoms with Crippen molar-refractivity contribution in [3.8, 4) is 0 Å². The molecule has 3 N–H and O–H groups in total. The van der Waals surface area contributed by atoms with E-state index in [4.69, 9.17) is 5.73 Å². The molecule has 14 heavy (non-hydrogen) atoms. The van der Waals surface area contributed by atoms with Crippen molar-refractivity contribution in [1.29, 1.82) is 0 Å². The third-order valence-electron chi connectivity index (χ3n) is 2.77. The predicted octanol–water partition coefficient (Wildman–Crippen LogP) is -0.0659. The van der Waals surface area contributed by atoms with Gasteiger partial charge in [0.25, 0.3) is 0 Å². The second-order valence-corrected chi connectivity index (χ2v) is 3.97. The van der Waals surface area contributed by atoms with Gasteiger partial charge in [0.05, 0.1) is 6.04 Å². The van der Waals surface area contributed by atoms with Gasteiger partial charge in [0.2, 0.25) is 5.91 Å². The van der Waals surface area contributed by atoms with E-state index in [1.54, 1.807) is 0 Å². The summed E-state index contributed by atoms with van der Waals surface area (Å²) in [6, 6.07) is 0.196. The van der Waals surface area contributed by atoms with Crippen LogP contribution in [0, 0.1) is 0 Å². The number of amides is 1. The Kier molecular flexibility index (Phi) is 4.35. The largest absolute Gasteiger partial charge is 0.355 e. The Morgan fingerprint density at radius 1 is 1.71 bits per heavy atom. The number of nitrogens with two attached hydrogens (primary N) is 1. The standard InChI is InChI=1S/C10H21N3O/c1-3-12-10(14)8(2)13-6-4-5-9(11)7-13/h8-9H,3-7,11H2,1-2H3,(H,12,14)/t8?,9-/m1/s1. The lowest BCUT2D eigenvalue weighted by Gasteiger charge is -2.34. The van der Waals surface area contributed by atoms with Crippen LogP contribution in [0.25, 0.3) is 0 Å². The summed E-state index contributed by atoms with van der Waals surface area (Å²) in [6.45, 7) is 6.42. The fraction of sp³-hybridized carbons (Fsp3) is 0.900. The molecule has 1 saturated heterocycles. The van der Waals surface area contributed by atoms with Crippen molar-refractivity contribution in [2.75, 3.05) is 19.6 Å². The Bertz CT molecular complexity index is 196. The van der Waals surface area contributed by atoms with Gasteiger partial charge in [-0.2, -0.15) is 0 Å². The summed E-state index contributed by atoms with van der Waals surface area (Å²) < 4.78 is 0. The number of likely N-dealkylation sites (tertiary alicyclic amines) is 1. The van der Waals surface area contributed by atoms with Crippen LogP contribution in [0.15, 0.2) is 0 Å². The Morgan fingerprint density at radius 3 is 3.00 bits per heavy atom. The summed E-state index contributed by atoms with van der Waals surface area (Å²) in [4.78, 5) is 13.7. The number of piperidine rings is 1. The summed E-state index contributed by atoms with van der Waals surface area (Å²) in [5, 5.41) is 2.84. The van der Waals surface area contributed by atoms with Crippen molar-refractivity contribution in [2.45, 2.75) is 38.8 Å². The summed E-state index contributed by atoms with van der Waals surface area (Å²) >= 11 is 0. The van der Waals surface area contributed by atoms with Crippen molar-refractivity contribution >= 4 is 5.91 Å². The van der Waals surface area contributed by atoms with Crippen LogP contribution in [0.4, 0.5) is 0 Å². The zero-order valence-electron chi connectivity index (χ0n) is 9.12. The molecule has 0 radical (unpaired) electrons. The zero-order valence-corrected chi connectivity index (χ0v) is 9.12. The first-order valence-corrected chi connectivity index (χ1v) is 5.42. The van der Waals surface area contributed by atoms with E-state index in [1.807, 2.05) is 13.8 Å². The monoisotopic (exact) mass is 199 g/mol. The van der Waals surface area contributed by atoms with Gasteiger partial charge in [-0.15, -0.1) is 0 Å². The number of carbonyl (C=O) groups excluding carboxylic acids is 1. The molecule has 1 fully saturated rings. The molecule has 1 amide bonds. The van der Waals surface area contributed by atoms with E-state index in [1.165, 1.54) is 0 Å². The SMILES string of the molecule is CCNC(=O)C(C)N1CCC[C@@H](N)C1. The lowest BCUT2D eigenvalue weighted by Crippen LogP contribution is -2.52. The van der Waals surface area contributed by atoms with Crippen molar-refractivity contribution < 1.29 is 4.79 Å². The number of likely N-dealkylation sites (N-methyl/N-ethyl adjacent to an activating group) is 1. The highest BCUT2D eigenvalue weighted by Gasteiger charge is 2.25. The van der Waals surface area contributed by atoms with E-state index < -0.39 is 0 Å². The fourth-order valence-corrected chi connectivity index (χ4v) is 1.88. The van der Waals surface area contributed by atoms with E-state index in [0.29, 0.717) is 6.54 Å². The highest BCUT2D eigenvalue weighted by Crippen LogP contribution is 2.11. The van der Waals surface area contributed by atoms with Crippen LogP contribution in [0.1, 0.15) is 26.7 Å². The number of rotatable bonds is 3. The van der Waals surface area contributed by atoms with Gasteiger partial charge < -0.3 is 11.1 Å². The van der Waals surface area contributed by atoms with Crippen LogP contribution in [-0.2, 0) is 4.79 Å². The fourth-order valence-electron chi connectivity index (χ4n) is 1.88. The Balaban J connectivity index is 2.42. The molecule has 1 aliphatic rings. The topological polar surface area (TPSA) is 58.4 Å². The number of nitrogens with zero attached hydrogens (tertiary/aromatic N) is 1. The quantitative estimate of drug-likeness (QED) is 0.669. The van der Waals surface area contributed by atoms with Crippen LogP contribution in [0.3, 0.4) is 0 Å². The molecule has 2 atom stereocenters. The van der Waals surface area contributed by atoms with Gasteiger partial charge in [-0.05, 0) is 33.2 Å². The van der Waals surface area contributed by atoms with E-state index in [-0.39, 0.29) is 18.0 Å². The maximum atomic E-state index is 11.6. The molecular weight excluding hydrogens is 178 g/mol. The maximum Gasteiger partial charge on any atom is 0.237 e. The molecule has 4 heteroatoms. The second-order valence-electron chi connectivity index (χ2n) is 3.97. The van der Waals surface area contributed by atoms with Gasteiger partial charge in [-0.3, -0.25) is 9.69 Å². The van der Waals surface area contributed by atoms with Gasteiger partial charge in [-0.25, -0.2) is 0 Å². The van der Waals surface area contributed by atoms with Gasteiger partial charge in [0, 0.05) is 19.1 Å². The highest BCUT2D eigenvalue weighted by atomic mass is 16.2. The van der Waals surface area contributed by atoms with Gasteiger partial charge in [0.15, 0.2) is 0 Å². The minimum absolute atomic E-state index is 0.0405. The molecule has 4 nitrogen and oxygen atoms in total. The van der Waals surface area contributed by atoms with Crippen molar-refractivity contribution in [2.24, 2.45) is 5.73 Å². The van der Waals surface area contributed by atoms with E-state index in [0.717, 1.165) is 25.9 Å². The third kappa shape index (κ3) is 2.96. The van der Waals surface area contributed by atoms with Gasteiger partial charge >= 0.3 is 0 Å². The first-order valence-electron chi connectivity index (χ1n) is 5.42. The van der Waals surface area contributed by atoms with Crippen molar-refractivity contribution in [3.63, 3.8) is 0 Å². The molecule has 0 aromatic rings. The second kappa shape index (κ2) is 5.32. The summed E-state index contributed by atoms with van der Waals surface area (Å²) in [5.74, 6) is 0.113. The molecular formula is C10H21N3O. The Hall–Kier alpha value is -0.610. The van der Waals surface area contributed by atoms with Crippen molar-refractivity contribution in [1.82, 2.24) is 10.2 Å². The molecule has 0 spiro atoms. The number of hydrogen-bond donors (Lipinski definition) is 2. The minimum atomic E-state index is -0.0405. The number of hydrogen-bond acceptors (Lipinski definition) is 3. The lowest BCUT2D eigenvalue weighted by molar-refractivity contribution is -0.126. The smallest absolute Gasteiger partial charge is 0.237 e. The number of nitrogens with one attached hydrogen (secondary N) is 1. The Labute approximate surface area is 85.8 Å². The summed E-state index contributed by atoms with van der Waals surface area (Å²) in [5.41, 5.74) is 5.86. The molecule has 0 aromatic carbocycles. The average Bonchev–Trinajstić information content (AvgIpc) is 2.17. The molecule has 0 aromatic heterocycles. The van der Waals surface area contributed by atoms with E-state index in [9.17, 15) is 4.79 Å². The molecule has 1 unspecified atom stereocenters. The minimum Gasteiger partial charge on any atom is -0.355 e. The summed E-state index contributed by atoms with van der Waals surface area (Å²) in [7, 11) is 0. The summed E-state index contributed by atoms with van der Waals surface area (Å²) in [6.07, 6.45) is 2.18. The average molecular weight is 199 g/mol. The van der Waals surface area contributed by atoms with E-state index >= 15 is 0 Å². The van der Waals surface area contributed by atoms with Crippen LogP contribution in [0.2, 0.25) is 0 Å². The molecule has 0 aliphatic carbocycles. The van der Waals surface area contributed by atoms with E-state index in [2.05, 4.69) is 10.2 Å². The third-order valence-corrected chi connectivity index (χ3v) is 2.77. The highest BCUT2D eigenvalue weighted by molar-refractivity contribution is 5.81. The molecule has 1 aliphatic heterocycles.